The van der Waals surface area contributed by atoms with E-state index in [4.69, 9.17) is 10.8 Å². The number of likely N-dealkylation sites (N-methyl/N-ethyl adjacent to an activating group) is 1. The minimum atomic E-state index is 0.473. The molecule has 6 heteroatoms. The van der Waals surface area contributed by atoms with Gasteiger partial charge in [0.2, 0.25) is 0 Å². The molecule has 108 valence electrons. The maximum Gasteiger partial charge on any atom is 0.0970 e. The third kappa shape index (κ3) is 4.11. The Morgan fingerprint density at radius 2 is 1.79 bits per heavy atom. The van der Waals surface area contributed by atoms with Gasteiger partial charge in [-0.15, -0.1) is 0 Å². The molecule has 2 rings (SSSR count). The van der Waals surface area contributed by atoms with Gasteiger partial charge in [0.1, 0.15) is 0 Å². The Morgan fingerprint density at radius 1 is 1.11 bits per heavy atom. The molecule has 0 spiro atoms. The van der Waals surface area contributed by atoms with Gasteiger partial charge in [0.05, 0.1) is 11.7 Å². The van der Waals surface area contributed by atoms with Gasteiger partial charge >= 0.3 is 0 Å². The van der Waals surface area contributed by atoms with Crippen LogP contribution in [0.5, 0.6) is 0 Å². The van der Waals surface area contributed by atoms with Crippen LogP contribution in [0, 0.1) is 10.8 Å². The Bertz CT molecular complexity index is 338. The normalized spacial score (nSPS) is 25.5. The van der Waals surface area contributed by atoms with Crippen molar-refractivity contribution in [1.82, 2.24) is 14.7 Å². The van der Waals surface area contributed by atoms with Crippen LogP contribution in [0.15, 0.2) is 0 Å². The number of hydrogen-bond donors (Lipinski definition) is 2. The zero-order chi connectivity index (χ0) is 13.8. The van der Waals surface area contributed by atoms with Crippen LogP contribution in [-0.4, -0.2) is 83.7 Å². The highest BCUT2D eigenvalue weighted by Gasteiger charge is 2.24. The summed E-state index contributed by atoms with van der Waals surface area (Å²) in [6.45, 7) is 7.87. The van der Waals surface area contributed by atoms with E-state index in [0.717, 1.165) is 57.3 Å². The number of nitrogens with one attached hydrogen (secondary N) is 2. The van der Waals surface area contributed by atoms with E-state index in [2.05, 4.69) is 21.7 Å². The third-order valence-electron chi connectivity index (χ3n) is 3.92. The lowest BCUT2D eigenvalue weighted by molar-refractivity contribution is 0.212. The van der Waals surface area contributed by atoms with Crippen molar-refractivity contribution in [2.75, 3.05) is 52.1 Å². The van der Waals surface area contributed by atoms with Crippen molar-refractivity contribution >= 4 is 23.4 Å². The van der Waals surface area contributed by atoms with Crippen LogP contribution in [0.2, 0.25) is 0 Å². The number of thioether (sulfide) groups is 1. The van der Waals surface area contributed by atoms with Crippen molar-refractivity contribution in [2.24, 2.45) is 0 Å². The third-order valence-corrected chi connectivity index (χ3v) is 5.12. The predicted molar refractivity (Wildman–Crippen MR) is 82.6 cm³/mol. The lowest BCUT2D eigenvalue weighted by Crippen LogP contribution is -2.48. The zero-order valence-corrected chi connectivity index (χ0v) is 12.8. The van der Waals surface area contributed by atoms with E-state index in [1.807, 2.05) is 18.7 Å². The van der Waals surface area contributed by atoms with Crippen LogP contribution >= 0.6 is 11.8 Å². The second-order valence-electron chi connectivity index (χ2n) is 5.47. The Labute approximate surface area is 120 Å². The van der Waals surface area contributed by atoms with Gasteiger partial charge in [0, 0.05) is 56.7 Å². The van der Waals surface area contributed by atoms with Gasteiger partial charge in [-0.2, -0.15) is 11.8 Å². The van der Waals surface area contributed by atoms with E-state index in [1.54, 1.807) is 0 Å². The molecule has 19 heavy (non-hydrogen) atoms. The van der Waals surface area contributed by atoms with Crippen molar-refractivity contribution in [3.05, 3.63) is 0 Å². The highest BCUT2D eigenvalue weighted by atomic mass is 32.2. The van der Waals surface area contributed by atoms with Crippen molar-refractivity contribution in [3.63, 3.8) is 0 Å². The quantitative estimate of drug-likeness (QED) is 0.587. The molecule has 0 aromatic carbocycles. The largest absolute Gasteiger partial charge is 0.359 e. The summed E-state index contributed by atoms with van der Waals surface area (Å²) in [6.07, 6.45) is 0.845. The molecule has 0 bridgehead atoms. The first-order valence-electron chi connectivity index (χ1n) is 6.99. The molecule has 2 N–H and O–H groups in total. The molecular weight excluding hydrogens is 258 g/mol. The van der Waals surface area contributed by atoms with E-state index in [1.165, 1.54) is 0 Å². The lowest BCUT2D eigenvalue weighted by Gasteiger charge is -2.37. The van der Waals surface area contributed by atoms with E-state index >= 15 is 0 Å². The fourth-order valence-electron chi connectivity index (χ4n) is 2.57. The lowest BCUT2D eigenvalue weighted by atomic mass is 10.2. The van der Waals surface area contributed by atoms with Crippen molar-refractivity contribution in [2.45, 2.75) is 18.6 Å². The summed E-state index contributed by atoms with van der Waals surface area (Å²) in [6, 6.07) is 0. The Kier molecular flexibility index (Phi) is 5.10. The second-order valence-corrected chi connectivity index (χ2v) is 6.87. The SMILES string of the molecule is CC(=N)N1CCSC(CC(=N)N2CCN(C)CC2)C1. The molecule has 0 aliphatic carbocycles. The molecular formula is C13H25N5S. The highest BCUT2D eigenvalue weighted by Crippen LogP contribution is 2.22. The monoisotopic (exact) mass is 283 g/mol. The average molecular weight is 283 g/mol. The molecule has 0 aromatic heterocycles. The van der Waals surface area contributed by atoms with Crippen LogP contribution in [0.1, 0.15) is 13.3 Å². The minimum Gasteiger partial charge on any atom is -0.359 e. The van der Waals surface area contributed by atoms with Crippen molar-refractivity contribution in [3.8, 4) is 0 Å². The van der Waals surface area contributed by atoms with Crippen LogP contribution < -0.4 is 0 Å². The summed E-state index contributed by atoms with van der Waals surface area (Å²) in [5.74, 6) is 2.53. The summed E-state index contributed by atoms with van der Waals surface area (Å²) in [5, 5.41) is 16.5. The topological polar surface area (TPSA) is 57.4 Å². The molecule has 2 aliphatic rings. The fraction of sp³-hybridized carbons (Fsp3) is 0.846. The summed E-state index contributed by atoms with van der Waals surface area (Å²) >= 11 is 1.96. The molecule has 0 amide bonds. The van der Waals surface area contributed by atoms with Gasteiger partial charge in [-0.3, -0.25) is 10.8 Å². The molecule has 1 atom stereocenters. The maximum absolute atomic E-state index is 8.28. The summed E-state index contributed by atoms with van der Waals surface area (Å²) in [7, 11) is 2.14. The molecule has 1 unspecified atom stereocenters. The Hall–Kier alpha value is -0.750. The first-order valence-corrected chi connectivity index (χ1v) is 8.03. The Balaban J connectivity index is 1.80. The van der Waals surface area contributed by atoms with E-state index < -0.39 is 0 Å². The molecule has 2 saturated heterocycles. The first kappa shape index (κ1) is 14.7. The van der Waals surface area contributed by atoms with Gasteiger partial charge in [0.25, 0.3) is 0 Å². The van der Waals surface area contributed by atoms with Gasteiger partial charge < -0.3 is 14.7 Å². The van der Waals surface area contributed by atoms with Gasteiger partial charge in [-0.25, -0.2) is 0 Å². The summed E-state index contributed by atoms with van der Waals surface area (Å²) in [5.41, 5.74) is 0. The van der Waals surface area contributed by atoms with E-state index in [0.29, 0.717) is 11.1 Å². The molecule has 2 aliphatic heterocycles. The molecule has 0 radical (unpaired) electrons. The zero-order valence-electron chi connectivity index (χ0n) is 12.0. The average Bonchev–Trinajstić information content (AvgIpc) is 2.39. The predicted octanol–water partition coefficient (Wildman–Crippen LogP) is 1.02. The molecule has 2 fully saturated rings. The molecule has 5 nitrogen and oxygen atoms in total. The van der Waals surface area contributed by atoms with Crippen molar-refractivity contribution in [1.29, 1.82) is 10.8 Å². The van der Waals surface area contributed by atoms with Crippen LogP contribution in [-0.2, 0) is 0 Å². The number of piperazine rings is 1. The standard InChI is InChI=1S/C13H25N5S/c1-11(14)18-7-8-19-12(10-18)9-13(15)17-5-3-16(2)4-6-17/h12,14-15H,3-10H2,1-2H3. The van der Waals surface area contributed by atoms with Crippen molar-refractivity contribution < 1.29 is 0 Å². The smallest absolute Gasteiger partial charge is 0.0970 e. The number of rotatable bonds is 2. The number of amidine groups is 2. The fourth-order valence-corrected chi connectivity index (χ4v) is 3.79. The van der Waals surface area contributed by atoms with E-state index in [-0.39, 0.29) is 0 Å². The first-order chi connectivity index (χ1) is 9.06. The summed E-state index contributed by atoms with van der Waals surface area (Å²) < 4.78 is 0. The van der Waals surface area contributed by atoms with Crippen LogP contribution in [0.4, 0.5) is 0 Å². The second kappa shape index (κ2) is 6.61. The molecule has 0 saturated carbocycles. The number of hydrogen-bond acceptors (Lipinski definition) is 4. The van der Waals surface area contributed by atoms with Gasteiger partial charge in [-0.1, -0.05) is 0 Å². The minimum absolute atomic E-state index is 0.473. The van der Waals surface area contributed by atoms with Gasteiger partial charge in [0.15, 0.2) is 0 Å². The summed E-state index contributed by atoms with van der Waals surface area (Å²) in [4.78, 5) is 6.68. The molecule has 0 aromatic rings. The molecule has 2 heterocycles. The van der Waals surface area contributed by atoms with Gasteiger partial charge in [-0.05, 0) is 14.0 Å². The maximum atomic E-state index is 8.28. The van der Waals surface area contributed by atoms with Crippen LogP contribution in [0.3, 0.4) is 0 Å². The Morgan fingerprint density at radius 3 is 2.42 bits per heavy atom. The van der Waals surface area contributed by atoms with E-state index in [9.17, 15) is 0 Å². The highest BCUT2D eigenvalue weighted by molar-refractivity contribution is 8.00. The number of nitrogens with zero attached hydrogens (tertiary/aromatic N) is 3. The van der Waals surface area contributed by atoms with Crippen LogP contribution in [0.25, 0.3) is 0 Å².